The fourth-order valence-electron chi connectivity index (χ4n) is 2.90. The van der Waals surface area contributed by atoms with Gasteiger partial charge < -0.3 is 0 Å². The largest absolute Gasteiger partial charge is 0.274 e. The van der Waals surface area contributed by atoms with Gasteiger partial charge >= 0.3 is 0 Å². The van der Waals surface area contributed by atoms with Crippen LogP contribution in [0, 0.1) is 6.92 Å². The van der Waals surface area contributed by atoms with Gasteiger partial charge in [-0.15, -0.1) is 0 Å². The molecule has 0 N–H and O–H groups in total. The van der Waals surface area contributed by atoms with Gasteiger partial charge in [0.25, 0.3) is 0 Å². The fourth-order valence-corrected chi connectivity index (χ4v) is 4.87. The maximum atomic E-state index is 13.0. The number of amides is 2. The Hall–Kier alpha value is -2.64. The van der Waals surface area contributed by atoms with E-state index in [1.165, 1.54) is 28.4 Å². The van der Waals surface area contributed by atoms with E-state index in [1.807, 2.05) is 61.5 Å². The highest BCUT2D eigenvalue weighted by Crippen LogP contribution is 2.39. The molecule has 1 aliphatic rings. The van der Waals surface area contributed by atoms with Crippen LogP contribution in [0.15, 0.2) is 81.8 Å². The second kappa shape index (κ2) is 8.16. The molecule has 1 atom stereocenters. The Morgan fingerprint density at radius 2 is 1.75 bits per heavy atom. The van der Waals surface area contributed by atoms with Crippen LogP contribution in [0.5, 0.6) is 0 Å². The summed E-state index contributed by atoms with van der Waals surface area (Å²) >= 11 is 2.78. The number of anilines is 1. The SMILES string of the molecule is Cc1ccnc(SC2CC(=O)N(c3ccccc3Sc3ccccc3)C2=O)n1. The zero-order valence-corrected chi connectivity index (χ0v) is 16.7. The standard InChI is InChI=1S/C21H17N3O2S2/c1-14-11-12-22-21(23-14)28-18-13-19(25)24(20(18)26)16-9-5-6-10-17(16)27-15-7-3-2-4-8-15/h2-12,18H,13H2,1H3. The van der Waals surface area contributed by atoms with Crippen LogP contribution >= 0.6 is 23.5 Å². The highest BCUT2D eigenvalue weighted by Gasteiger charge is 2.41. The first-order chi connectivity index (χ1) is 13.6. The lowest BCUT2D eigenvalue weighted by Gasteiger charge is -2.18. The van der Waals surface area contributed by atoms with Gasteiger partial charge in [-0.3, -0.25) is 9.59 Å². The summed E-state index contributed by atoms with van der Waals surface area (Å²) in [6.07, 6.45) is 1.81. The van der Waals surface area contributed by atoms with Gasteiger partial charge in [-0.05, 0) is 37.3 Å². The predicted octanol–water partition coefficient (Wildman–Crippen LogP) is 4.36. The van der Waals surface area contributed by atoms with Gasteiger partial charge in [0.1, 0.15) is 5.25 Å². The lowest BCUT2D eigenvalue weighted by atomic mass is 10.3. The fraction of sp³-hybridized carbons (Fsp3) is 0.143. The Bertz CT molecular complexity index is 1030. The minimum atomic E-state index is -0.510. The van der Waals surface area contributed by atoms with E-state index in [0.29, 0.717) is 10.8 Å². The summed E-state index contributed by atoms with van der Waals surface area (Å²) in [5.74, 6) is -0.419. The summed E-state index contributed by atoms with van der Waals surface area (Å²) in [5, 5.41) is 0.00373. The Morgan fingerprint density at radius 1 is 1.00 bits per heavy atom. The summed E-state index contributed by atoms with van der Waals surface area (Å²) in [6.45, 7) is 1.87. The number of carbonyl (C=O) groups excluding carboxylic acids is 2. The minimum Gasteiger partial charge on any atom is -0.274 e. The van der Waals surface area contributed by atoms with Crippen LogP contribution in [0.1, 0.15) is 12.1 Å². The van der Waals surface area contributed by atoms with E-state index in [-0.39, 0.29) is 18.2 Å². The number of para-hydroxylation sites is 1. The lowest BCUT2D eigenvalue weighted by Crippen LogP contribution is -2.31. The van der Waals surface area contributed by atoms with E-state index in [1.54, 1.807) is 12.3 Å². The van der Waals surface area contributed by atoms with Crippen molar-refractivity contribution in [2.75, 3.05) is 4.90 Å². The van der Waals surface area contributed by atoms with Crippen molar-refractivity contribution in [1.29, 1.82) is 0 Å². The molecule has 1 saturated heterocycles. The van der Waals surface area contributed by atoms with Gasteiger partial charge in [0.05, 0.1) is 5.69 Å². The van der Waals surface area contributed by atoms with E-state index < -0.39 is 5.25 Å². The monoisotopic (exact) mass is 407 g/mol. The van der Waals surface area contributed by atoms with Crippen molar-refractivity contribution in [2.24, 2.45) is 0 Å². The summed E-state index contributed by atoms with van der Waals surface area (Å²) in [6, 6.07) is 19.2. The molecule has 3 aromatic rings. The van der Waals surface area contributed by atoms with Gasteiger partial charge in [-0.25, -0.2) is 14.9 Å². The Morgan fingerprint density at radius 3 is 2.54 bits per heavy atom. The summed E-state index contributed by atoms with van der Waals surface area (Å²) in [4.78, 5) is 37.5. The maximum absolute atomic E-state index is 13.0. The number of imide groups is 1. The second-order valence-corrected chi connectivity index (χ2v) is 8.53. The van der Waals surface area contributed by atoms with Crippen molar-refractivity contribution in [3.05, 3.63) is 72.6 Å². The minimum absolute atomic E-state index is 0.144. The highest BCUT2D eigenvalue weighted by molar-refractivity contribution is 8.00. The average Bonchev–Trinajstić information content (AvgIpc) is 2.96. The molecule has 0 saturated carbocycles. The quantitative estimate of drug-likeness (QED) is 0.463. The number of aryl methyl sites for hydroxylation is 1. The van der Waals surface area contributed by atoms with Crippen LogP contribution in [0.4, 0.5) is 5.69 Å². The smallest absolute Gasteiger partial charge is 0.247 e. The van der Waals surface area contributed by atoms with E-state index in [0.717, 1.165) is 15.5 Å². The molecule has 2 amide bonds. The van der Waals surface area contributed by atoms with Crippen molar-refractivity contribution < 1.29 is 9.59 Å². The van der Waals surface area contributed by atoms with E-state index in [4.69, 9.17) is 0 Å². The van der Waals surface area contributed by atoms with Crippen LogP contribution < -0.4 is 4.90 Å². The molecule has 0 radical (unpaired) electrons. The third-order valence-electron chi connectivity index (χ3n) is 4.20. The number of rotatable bonds is 5. The number of thioether (sulfide) groups is 1. The van der Waals surface area contributed by atoms with Gasteiger partial charge in [-0.2, -0.15) is 0 Å². The first-order valence-corrected chi connectivity index (χ1v) is 10.5. The number of aromatic nitrogens is 2. The molecular weight excluding hydrogens is 390 g/mol. The predicted molar refractivity (Wildman–Crippen MR) is 111 cm³/mol. The molecule has 0 spiro atoms. The number of hydrogen-bond donors (Lipinski definition) is 0. The highest BCUT2D eigenvalue weighted by atomic mass is 32.2. The summed E-state index contributed by atoms with van der Waals surface area (Å²) in [7, 11) is 0. The molecule has 1 unspecified atom stereocenters. The van der Waals surface area contributed by atoms with Gasteiger partial charge in [-0.1, -0.05) is 53.9 Å². The number of nitrogens with zero attached hydrogens (tertiary/aromatic N) is 3. The zero-order chi connectivity index (χ0) is 19.5. The van der Waals surface area contributed by atoms with E-state index in [2.05, 4.69) is 9.97 Å². The molecule has 2 aromatic carbocycles. The average molecular weight is 408 g/mol. The molecule has 5 nitrogen and oxygen atoms in total. The van der Waals surface area contributed by atoms with Gasteiger partial charge in [0, 0.05) is 28.1 Å². The Labute approximate surface area is 171 Å². The summed E-state index contributed by atoms with van der Waals surface area (Å²) < 4.78 is 0. The van der Waals surface area contributed by atoms with Crippen LogP contribution in [-0.4, -0.2) is 27.0 Å². The molecular formula is C21H17N3O2S2. The van der Waals surface area contributed by atoms with Crippen molar-refractivity contribution in [1.82, 2.24) is 9.97 Å². The number of carbonyl (C=O) groups is 2. The lowest BCUT2D eigenvalue weighted by molar-refractivity contribution is -0.121. The molecule has 2 heterocycles. The molecule has 1 fully saturated rings. The van der Waals surface area contributed by atoms with Crippen LogP contribution in [0.25, 0.3) is 0 Å². The molecule has 7 heteroatoms. The van der Waals surface area contributed by atoms with Gasteiger partial charge in [0.15, 0.2) is 5.16 Å². The van der Waals surface area contributed by atoms with Gasteiger partial charge in [0.2, 0.25) is 11.8 Å². The molecule has 0 aliphatic carbocycles. The van der Waals surface area contributed by atoms with Crippen LogP contribution in [-0.2, 0) is 9.59 Å². The van der Waals surface area contributed by atoms with Crippen LogP contribution in [0.3, 0.4) is 0 Å². The maximum Gasteiger partial charge on any atom is 0.247 e. The first-order valence-electron chi connectivity index (χ1n) is 8.77. The topological polar surface area (TPSA) is 63.2 Å². The normalized spacial score (nSPS) is 16.6. The van der Waals surface area contributed by atoms with Crippen molar-refractivity contribution in [3.63, 3.8) is 0 Å². The van der Waals surface area contributed by atoms with Crippen molar-refractivity contribution in [3.8, 4) is 0 Å². The van der Waals surface area contributed by atoms with E-state index >= 15 is 0 Å². The third kappa shape index (κ3) is 3.95. The molecule has 4 rings (SSSR count). The third-order valence-corrected chi connectivity index (χ3v) is 6.34. The second-order valence-electron chi connectivity index (χ2n) is 6.24. The number of hydrogen-bond acceptors (Lipinski definition) is 6. The van der Waals surface area contributed by atoms with E-state index in [9.17, 15) is 9.59 Å². The first kappa shape index (κ1) is 18.7. The number of benzene rings is 2. The zero-order valence-electron chi connectivity index (χ0n) is 15.1. The Balaban J connectivity index is 1.59. The molecule has 140 valence electrons. The Kier molecular flexibility index (Phi) is 5.45. The van der Waals surface area contributed by atoms with Crippen LogP contribution in [0.2, 0.25) is 0 Å². The molecule has 28 heavy (non-hydrogen) atoms. The summed E-state index contributed by atoms with van der Waals surface area (Å²) in [5.41, 5.74) is 1.45. The van der Waals surface area contributed by atoms with Crippen molar-refractivity contribution in [2.45, 2.75) is 33.5 Å². The van der Waals surface area contributed by atoms with Crippen molar-refractivity contribution >= 4 is 41.0 Å². The molecule has 1 aromatic heterocycles. The molecule has 0 bridgehead atoms. The molecule has 1 aliphatic heterocycles.